The molecule has 0 aliphatic rings. The van der Waals surface area contributed by atoms with E-state index in [9.17, 15) is 9.59 Å². The third-order valence-electron chi connectivity index (χ3n) is 3.83. The number of hydrogen-bond donors (Lipinski definition) is 1. The number of ether oxygens (including phenoxy) is 3. The number of carbonyl (C=O) groups excluding carboxylic acids is 2. The Bertz CT molecular complexity index is 769. The predicted octanol–water partition coefficient (Wildman–Crippen LogP) is 2.34. The number of aryl methyl sites for hydroxylation is 1. The fourth-order valence-corrected chi connectivity index (χ4v) is 2.53. The maximum atomic E-state index is 11.9. The third-order valence-corrected chi connectivity index (χ3v) is 3.83. The molecule has 0 saturated carbocycles. The van der Waals surface area contributed by atoms with Crippen LogP contribution in [0.15, 0.2) is 36.5 Å². The molecule has 1 heterocycles. The van der Waals surface area contributed by atoms with E-state index in [2.05, 4.69) is 5.32 Å². The van der Waals surface area contributed by atoms with E-state index in [1.54, 1.807) is 29.9 Å². The van der Waals surface area contributed by atoms with E-state index in [0.29, 0.717) is 43.4 Å². The van der Waals surface area contributed by atoms with Crippen LogP contribution in [-0.4, -0.2) is 42.8 Å². The highest BCUT2D eigenvalue weighted by molar-refractivity contribution is 5.89. The molecule has 0 radical (unpaired) electrons. The quantitative estimate of drug-likeness (QED) is 0.646. The first-order chi connectivity index (χ1) is 13.0. The van der Waals surface area contributed by atoms with Crippen LogP contribution in [0, 0.1) is 0 Å². The molecule has 1 aromatic heterocycles. The van der Waals surface area contributed by atoms with Crippen molar-refractivity contribution in [3.05, 3.63) is 47.8 Å². The molecule has 7 heteroatoms. The summed E-state index contributed by atoms with van der Waals surface area (Å²) < 4.78 is 17.8. The van der Waals surface area contributed by atoms with Gasteiger partial charge in [-0.1, -0.05) is 6.07 Å². The van der Waals surface area contributed by atoms with Crippen LogP contribution in [0.5, 0.6) is 11.5 Å². The van der Waals surface area contributed by atoms with Crippen molar-refractivity contribution in [1.82, 2.24) is 9.88 Å². The topological polar surface area (TPSA) is 78.8 Å². The summed E-state index contributed by atoms with van der Waals surface area (Å²) in [5, 5.41) is 2.74. The van der Waals surface area contributed by atoms with Gasteiger partial charge in [-0.25, -0.2) is 4.79 Å². The van der Waals surface area contributed by atoms with Crippen LogP contribution in [0.4, 0.5) is 0 Å². The fourth-order valence-electron chi connectivity index (χ4n) is 2.53. The SMILES string of the molecule is CCOc1ccc(CCNC(=O)COC(=O)c2cccn2C)cc1OCC. The molecule has 0 unspecified atom stereocenters. The summed E-state index contributed by atoms with van der Waals surface area (Å²) in [6, 6.07) is 9.10. The monoisotopic (exact) mass is 374 g/mol. The first kappa shape index (κ1) is 20.4. The average Bonchev–Trinajstić information content (AvgIpc) is 3.08. The van der Waals surface area contributed by atoms with Gasteiger partial charge in [-0.15, -0.1) is 0 Å². The van der Waals surface area contributed by atoms with Gasteiger partial charge in [0.15, 0.2) is 18.1 Å². The highest BCUT2D eigenvalue weighted by Crippen LogP contribution is 2.28. The van der Waals surface area contributed by atoms with Gasteiger partial charge in [0.2, 0.25) is 0 Å². The Morgan fingerprint density at radius 1 is 1.07 bits per heavy atom. The molecule has 0 fully saturated rings. The first-order valence-electron chi connectivity index (χ1n) is 8.98. The molecule has 0 spiro atoms. The van der Waals surface area contributed by atoms with Crippen molar-refractivity contribution in [3.8, 4) is 11.5 Å². The molecule has 0 atom stereocenters. The number of amides is 1. The summed E-state index contributed by atoms with van der Waals surface area (Å²) >= 11 is 0. The van der Waals surface area contributed by atoms with E-state index < -0.39 is 5.97 Å². The van der Waals surface area contributed by atoms with Crippen molar-refractivity contribution >= 4 is 11.9 Å². The van der Waals surface area contributed by atoms with E-state index >= 15 is 0 Å². The second-order valence-corrected chi connectivity index (χ2v) is 5.83. The maximum Gasteiger partial charge on any atom is 0.355 e. The minimum Gasteiger partial charge on any atom is -0.490 e. The molecule has 1 amide bonds. The molecule has 146 valence electrons. The zero-order valence-corrected chi connectivity index (χ0v) is 16.0. The molecular formula is C20H26N2O5. The van der Waals surface area contributed by atoms with Crippen molar-refractivity contribution in [3.63, 3.8) is 0 Å². The van der Waals surface area contributed by atoms with Gasteiger partial charge < -0.3 is 24.1 Å². The number of nitrogens with zero attached hydrogens (tertiary/aromatic N) is 1. The largest absolute Gasteiger partial charge is 0.490 e. The maximum absolute atomic E-state index is 11.9. The van der Waals surface area contributed by atoms with Gasteiger partial charge in [-0.05, 0) is 50.1 Å². The van der Waals surface area contributed by atoms with E-state index in [-0.39, 0.29) is 12.5 Å². The van der Waals surface area contributed by atoms with Crippen molar-refractivity contribution in [2.24, 2.45) is 7.05 Å². The summed E-state index contributed by atoms with van der Waals surface area (Å²) in [7, 11) is 1.74. The Balaban J connectivity index is 1.78. The molecule has 2 rings (SSSR count). The minimum atomic E-state index is -0.523. The zero-order chi connectivity index (χ0) is 19.6. The van der Waals surface area contributed by atoms with Gasteiger partial charge in [-0.3, -0.25) is 4.79 Å². The van der Waals surface area contributed by atoms with Gasteiger partial charge in [0, 0.05) is 19.8 Å². The third kappa shape index (κ3) is 6.06. The van der Waals surface area contributed by atoms with Gasteiger partial charge in [0.1, 0.15) is 5.69 Å². The lowest BCUT2D eigenvalue weighted by molar-refractivity contribution is -0.124. The Kier molecular flexibility index (Phi) is 7.73. The van der Waals surface area contributed by atoms with Crippen LogP contribution in [0.1, 0.15) is 29.9 Å². The summed E-state index contributed by atoms with van der Waals surface area (Å²) in [6.07, 6.45) is 2.37. The van der Waals surface area contributed by atoms with Crippen LogP contribution < -0.4 is 14.8 Å². The number of rotatable bonds is 10. The van der Waals surface area contributed by atoms with Crippen molar-refractivity contribution < 1.29 is 23.8 Å². The predicted molar refractivity (Wildman–Crippen MR) is 101 cm³/mol. The van der Waals surface area contributed by atoms with Crippen LogP contribution in [0.2, 0.25) is 0 Å². The van der Waals surface area contributed by atoms with Crippen LogP contribution in [0.25, 0.3) is 0 Å². The molecule has 0 aliphatic heterocycles. The summed E-state index contributed by atoms with van der Waals surface area (Å²) in [5.41, 5.74) is 1.42. The second kappa shape index (κ2) is 10.3. The molecular weight excluding hydrogens is 348 g/mol. The van der Waals surface area contributed by atoms with Crippen LogP contribution in [-0.2, 0) is 23.0 Å². The smallest absolute Gasteiger partial charge is 0.355 e. The molecule has 0 bridgehead atoms. The number of aromatic nitrogens is 1. The molecule has 1 N–H and O–H groups in total. The van der Waals surface area contributed by atoms with Crippen molar-refractivity contribution in [2.75, 3.05) is 26.4 Å². The fraction of sp³-hybridized carbons (Fsp3) is 0.400. The average molecular weight is 374 g/mol. The lowest BCUT2D eigenvalue weighted by Crippen LogP contribution is -2.30. The van der Waals surface area contributed by atoms with Crippen LogP contribution in [0.3, 0.4) is 0 Å². The van der Waals surface area contributed by atoms with E-state index in [1.165, 1.54) is 0 Å². The van der Waals surface area contributed by atoms with Gasteiger partial charge in [0.25, 0.3) is 5.91 Å². The lowest BCUT2D eigenvalue weighted by Gasteiger charge is -2.12. The Morgan fingerprint density at radius 3 is 2.48 bits per heavy atom. The Hall–Kier alpha value is -2.96. The molecule has 1 aromatic carbocycles. The number of esters is 1. The minimum absolute atomic E-state index is 0.308. The van der Waals surface area contributed by atoms with Gasteiger partial charge in [0.05, 0.1) is 13.2 Å². The van der Waals surface area contributed by atoms with Gasteiger partial charge >= 0.3 is 5.97 Å². The lowest BCUT2D eigenvalue weighted by atomic mass is 10.1. The van der Waals surface area contributed by atoms with E-state index in [0.717, 1.165) is 5.56 Å². The standard InChI is InChI=1S/C20H26N2O5/c1-4-25-17-9-8-15(13-18(17)26-5-2)10-11-21-19(23)14-27-20(24)16-7-6-12-22(16)3/h6-9,12-13H,4-5,10-11,14H2,1-3H3,(H,21,23). The summed E-state index contributed by atoms with van der Waals surface area (Å²) in [6.45, 7) is 5.07. The zero-order valence-electron chi connectivity index (χ0n) is 16.0. The van der Waals surface area contributed by atoms with E-state index in [4.69, 9.17) is 14.2 Å². The number of carbonyl (C=O) groups is 2. The molecule has 0 saturated heterocycles. The highest BCUT2D eigenvalue weighted by atomic mass is 16.5. The molecule has 7 nitrogen and oxygen atoms in total. The Labute approximate surface area is 159 Å². The first-order valence-corrected chi connectivity index (χ1v) is 8.98. The second-order valence-electron chi connectivity index (χ2n) is 5.83. The number of nitrogens with one attached hydrogen (secondary N) is 1. The van der Waals surface area contributed by atoms with Crippen LogP contribution >= 0.6 is 0 Å². The molecule has 2 aromatic rings. The van der Waals surface area contributed by atoms with Crippen molar-refractivity contribution in [1.29, 1.82) is 0 Å². The normalized spacial score (nSPS) is 10.3. The summed E-state index contributed by atoms with van der Waals surface area (Å²) in [4.78, 5) is 23.7. The number of hydrogen-bond acceptors (Lipinski definition) is 5. The summed E-state index contributed by atoms with van der Waals surface area (Å²) in [5.74, 6) is 0.540. The Morgan fingerprint density at radius 2 is 1.81 bits per heavy atom. The van der Waals surface area contributed by atoms with E-state index in [1.807, 2.05) is 32.0 Å². The molecule has 0 aliphatic carbocycles. The van der Waals surface area contributed by atoms with Crippen molar-refractivity contribution in [2.45, 2.75) is 20.3 Å². The number of benzene rings is 1. The molecule has 27 heavy (non-hydrogen) atoms. The highest BCUT2D eigenvalue weighted by Gasteiger charge is 2.12. The van der Waals surface area contributed by atoms with Gasteiger partial charge in [-0.2, -0.15) is 0 Å².